The van der Waals surface area contributed by atoms with Crippen LogP contribution in [-0.2, 0) is 15.1 Å². The number of carbonyl (C=O) groups excluding carboxylic acids is 2. The quantitative estimate of drug-likeness (QED) is 0.606. The first kappa shape index (κ1) is 25.2. The van der Waals surface area contributed by atoms with Crippen molar-refractivity contribution in [1.82, 2.24) is 9.80 Å². The maximum atomic E-state index is 13.3. The zero-order valence-corrected chi connectivity index (χ0v) is 21.4. The van der Waals surface area contributed by atoms with E-state index in [9.17, 15) is 14.7 Å². The highest BCUT2D eigenvalue weighted by Crippen LogP contribution is 2.42. The van der Waals surface area contributed by atoms with Gasteiger partial charge in [-0.25, -0.2) is 4.79 Å². The Morgan fingerprint density at radius 2 is 1.71 bits per heavy atom. The van der Waals surface area contributed by atoms with Gasteiger partial charge in [0.15, 0.2) is 0 Å². The maximum absolute atomic E-state index is 13.3. The van der Waals surface area contributed by atoms with E-state index in [4.69, 9.17) is 4.74 Å². The molecule has 2 unspecified atom stereocenters. The standard InChI is InChI=1S/C29H38N2O4/c1-21(23-10-12-24(13-11-23)25-14-17-30(18-15-25)22(2)32)31-19-16-29(35-27(31)33,20-28(3,4)34)26-8-6-5-7-9-26/h5-13,21,25,34H,14-20H2,1-4H3. The molecule has 6 nitrogen and oxygen atoms in total. The van der Waals surface area contributed by atoms with Crippen LogP contribution in [0.5, 0.6) is 0 Å². The van der Waals surface area contributed by atoms with Crippen molar-refractivity contribution in [3.8, 4) is 0 Å². The Bertz CT molecular complexity index is 1020. The minimum atomic E-state index is -0.972. The molecule has 2 aliphatic rings. The summed E-state index contributed by atoms with van der Waals surface area (Å²) in [5, 5.41) is 10.6. The molecule has 35 heavy (non-hydrogen) atoms. The van der Waals surface area contributed by atoms with Crippen LogP contribution in [0, 0.1) is 0 Å². The van der Waals surface area contributed by atoms with Crippen molar-refractivity contribution in [2.75, 3.05) is 19.6 Å². The molecule has 2 aromatic carbocycles. The summed E-state index contributed by atoms with van der Waals surface area (Å²) in [7, 11) is 0. The summed E-state index contributed by atoms with van der Waals surface area (Å²) in [6.07, 6.45) is 2.57. The van der Waals surface area contributed by atoms with Crippen LogP contribution < -0.4 is 0 Å². The minimum absolute atomic E-state index is 0.118. The summed E-state index contributed by atoms with van der Waals surface area (Å²) < 4.78 is 6.13. The van der Waals surface area contributed by atoms with Gasteiger partial charge < -0.3 is 19.6 Å². The van der Waals surface area contributed by atoms with Crippen molar-refractivity contribution in [3.05, 3.63) is 71.3 Å². The molecule has 6 heteroatoms. The molecule has 4 rings (SSSR count). The number of ether oxygens (including phenoxy) is 1. The number of rotatable bonds is 6. The third-order valence-corrected chi connectivity index (χ3v) is 7.59. The third-order valence-electron chi connectivity index (χ3n) is 7.59. The zero-order chi connectivity index (χ0) is 25.2. The van der Waals surface area contributed by atoms with Gasteiger partial charge in [-0.05, 0) is 56.2 Å². The number of amides is 2. The summed E-state index contributed by atoms with van der Waals surface area (Å²) >= 11 is 0. The lowest BCUT2D eigenvalue weighted by Gasteiger charge is -2.45. The normalized spacial score (nSPS) is 22.6. The second-order valence-electron chi connectivity index (χ2n) is 10.8. The molecule has 0 radical (unpaired) electrons. The van der Waals surface area contributed by atoms with Gasteiger partial charge in [0.05, 0.1) is 11.6 Å². The molecular weight excluding hydrogens is 440 g/mol. The molecule has 0 aliphatic carbocycles. The number of cyclic esters (lactones) is 1. The molecule has 2 heterocycles. The largest absolute Gasteiger partial charge is 0.438 e. The van der Waals surface area contributed by atoms with Crippen LogP contribution in [0.3, 0.4) is 0 Å². The Morgan fingerprint density at radius 3 is 2.26 bits per heavy atom. The predicted molar refractivity (Wildman–Crippen MR) is 136 cm³/mol. The second kappa shape index (κ2) is 10.0. The van der Waals surface area contributed by atoms with Gasteiger partial charge in [-0.3, -0.25) is 4.79 Å². The molecule has 0 bridgehead atoms. The summed E-state index contributed by atoms with van der Waals surface area (Å²) in [5.74, 6) is 0.614. The Morgan fingerprint density at radius 1 is 1.09 bits per heavy atom. The van der Waals surface area contributed by atoms with Crippen molar-refractivity contribution >= 4 is 12.0 Å². The smallest absolute Gasteiger partial charge is 0.411 e. The van der Waals surface area contributed by atoms with Crippen LogP contribution >= 0.6 is 0 Å². The second-order valence-corrected chi connectivity index (χ2v) is 10.8. The monoisotopic (exact) mass is 478 g/mol. The number of nitrogens with zero attached hydrogens (tertiary/aromatic N) is 2. The average Bonchev–Trinajstić information content (AvgIpc) is 2.83. The van der Waals surface area contributed by atoms with Crippen molar-refractivity contribution < 1.29 is 19.4 Å². The fourth-order valence-corrected chi connectivity index (χ4v) is 5.65. The molecule has 188 valence electrons. The van der Waals surface area contributed by atoms with Gasteiger partial charge in [0.2, 0.25) is 5.91 Å². The Labute approximate surface area is 208 Å². The Kier molecular flexibility index (Phi) is 7.22. The number of likely N-dealkylation sites (tertiary alicyclic amines) is 1. The van der Waals surface area contributed by atoms with Crippen LogP contribution in [0.2, 0.25) is 0 Å². The highest BCUT2D eigenvalue weighted by molar-refractivity contribution is 5.73. The van der Waals surface area contributed by atoms with E-state index in [-0.39, 0.29) is 18.0 Å². The Balaban J connectivity index is 1.45. The minimum Gasteiger partial charge on any atom is -0.438 e. The van der Waals surface area contributed by atoms with Crippen LogP contribution in [0.15, 0.2) is 54.6 Å². The first-order valence-corrected chi connectivity index (χ1v) is 12.7. The topological polar surface area (TPSA) is 70.1 Å². The molecule has 2 atom stereocenters. The molecule has 2 aromatic rings. The van der Waals surface area contributed by atoms with E-state index in [1.165, 1.54) is 5.56 Å². The highest BCUT2D eigenvalue weighted by Gasteiger charge is 2.46. The fraction of sp³-hybridized carbons (Fsp3) is 0.517. The molecule has 0 aromatic heterocycles. The van der Waals surface area contributed by atoms with Crippen molar-refractivity contribution in [2.24, 2.45) is 0 Å². The average molecular weight is 479 g/mol. The van der Waals surface area contributed by atoms with Crippen LogP contribution in [-0.4, -0.2) is 52.1 Å². The summed E-state index contributed by atoms with van der Waals surface area (Å²) in [6, 6.07) is 18.2. The molecule has 1 N–H and O–H groups in total. The first-order valence-electron chi connectivity index (χ1n) is 12.7. The molecule has 0 saturated carbocycles. The van der Waals surface area contributed by atoms with Crippen LogP contribution in [0.25, 0.3) is 0 Å². The van der Waals surface area contributed by atoms with Crippen LogP contribution in [0.1, 0.15) is 82.0 Å². The van der Waals surface area contributed by atoms with Crippen molar-refractivity contribution in [3.63, 3.8) is 0 Å². The SMILES string of the molecule is CC(=O)N1CCC(c2ccc(C(C)N3CCC(CC(C)(C)O)(c4ccccc4)OC3=O)cc2)CC1. The maximum Gasteiger partial charge on any atom is 0.411 e. The van der Waals surface area contributed by atoms with Crippen LogP contribution in [0.4, 0.5) is 4.79 Å². The molecular formula is C29H38N2O4. The Hall–Kier alpha value is -2.86. The molecule has 0 spiro atoms. The number of piperidine rings is 1. The number of carbonyl (C=O) groups is 2. The highest BCUT2D eigenvalue weighted by atomic mass is 16.6. The number of aliphatic hydroxyl groups is 1. The summed E-state index contributed by atoms with van der Waals surface area (Å²) in [6.45, 7) is 9.36. The van der Waals surface area contributed by atoms with E-state index < -0.39 is 11.2 Å². The van der Waals surface area contributed by atoms with E-state index in [1.807, 2.05) is 42.2 Å². The number of hydrogen-bond acceptors (Lipinski definition) is 4. The predicted octanol–water partition coefficient (Wildman–Crippen LogP) is 5.37. The summed E-state index contributed by atoms with van der Waals surface area (Å²) in [5.41, 5.74) is 1.47. The van der Waals surface area contributed by atoms with E-state index >= 15 is 0 Å². The fourth-order valence-electron chi connectivity index (χ4n) is 5.65. The number of benzene rings is 2. The third kappa shape index (κ3) is 5.69. The van der Waals surface area contributed by atoms with Gasteiger partial charge in [0.25, 0.3) is 0 Å². The van der Waals surface area contributed by atoms with Gasteiger partial charge >= 0.3 is 6.09 Å². The zero-order valence-electron chi connectivity index (χ0n) is 21.4. The van der Waals surface area contributed by atoms with Gasteiger partial charge in [0.1, 0.15) is 5.60 Å². The van der Waals surface area contributed by atoms with E-state index in [0.717, 1.165) is 37.1 Å². The lowest BCUT2D eigenvalue weighted by atomic mass is 9.80. The van der Waals surface area contributed by atoms with Gasteiger partial charge in [-0.2, -0.15) is 0 Å². The number of hydrogen-bond donors (Lipinski definition) is 1. The van der Waals surface area contributed by atoms with Gasteiger partial charge in [-0.15, -0.1) is 0 Å². The molecule has 2 fully saturated rings. The summed E-state index contributed by atoms with van der Waals surface area (Å²) in [4.78, 5) is 28.6. The van der Waals surface area contributed by atoms with E-state index in [1.54, 1.807) is 25.7 Å². The van der Waals surface area contributed by atoms with Crippen molar-refractivity contribution in [2.45, 2.75) is 76.5 Å². The first-order chi connectivity index (χ1) is 16.6. The van der Waals surface area contributed by atoms with Gasteiger partial charge in [0, 0.05) is 39.4 Å². The lowest BCUT2D eigenvalue weighted by Crippen LogP contribution is -2.51. The molecule has 2 aliphatic heterocycles. The van der Waals surface area contributed by atoms with E-state index in [0.29, 0.717) is 25.3 Å². The molecule has 2 saturated heterocycles. The van der Waals surface area contributed by atoms with Gasteiger partial charge in [-0.1, -0.05) is 54.6 Å². The van der Waals surface area contributed by atoms with E-state index in [2.05, 4.69) is 24.3 Å². The molecule has 2 amide bonds. The lowest BCUT2D eigenvalue weighted by molar-refractivity contribution is -0.129. The van der Waals surface area contributed by atoms with Crippen molar-refractivity contribution in [1.29, 1.82) is 0 Å².